The van der Waals surface area contributed by atoms with Crippen LogP contribution in [0.5, 0.6) is 0 Å². The zero-order chi connectivity index (χ0) is 17.4. The number of anilines is 1. The van der Waals surface area contributed by atoms with Crippen LogP contribution in [0.4, 0.5) is 5.00 Å². The Morgan fingerprint density at radius 3 is 2.54 bits per heavy atom. The fourth-order valence-electron chi connectivity index (χ4n) is 4.21. The lowest BCUT2D eigenvalue weighted by molar-refractivity contribution is -0.143. The van der Waals surface area contributed by atoms with Gasteiger partial charge in [-0.1, -0.05) is 12.8 Å². The summed E-state index contributed by atoms with van der Waals surface area (Å²) < 4.78 is 0. The third kappa shape index (κ3) is 3.22. The Balaban J connectivity index is 1.71. The fourth-order valence-corrected chi connectivity index (χ4v) is 5.30. The maximum atomic E-state index is 12.5. The Hall–Kier alpha value is -1.40. The minimum absolute atomic E-state index is 0.100. The maximum Gasteiger partial charge on any atom is 0.320 e. The standard InChI is InChI=1S/C18H26N2O3S/c1-10-11(2)17(24-12(10)3)19-16(21)9-20-14-7-5-4-6-13(14)8-15(20)18(22)23/h13-15H,4-9H2,1-3H3,(H,19,21)(H,22,23). The van der Waals surface area contributed by atoms with Gasteiger partial charge in [-0.2, -0.15) is 0 Å². The number of rotatable bonds is 4. The first-order valence-electron chi connectivity index (χ1n) is 8.73. The number of carboxylic acids is 1. The number of nitrogens with one attached hydrogen (secondary N) is 1. The van der Waals surface area contributed by atoms with Crippen LogP contribution >= 0.6 is 11.3 Å². The van der Waals surface area contributed by atoms with Gasteiger partial charge in [0.15, 0.2) is 0 Å². The molecule has 1 aliphatic carbocycles. The maximum absolute atomic E-state index is 12.5. The number of carboxylic acid groups (broad SMARTS) is 1. The van der Waals surface area contributed by atoms with E-state index in [2.05, 4.69) is 19.2 Å². The molecule has 5 nitrogen and oxygen atoms in total. The van der Waals surface area contributed by atoms with Crippen LogP contribution in [0.15, 0.2) is 0 Å². The minimum Gasteiger partial charge on any atom is -0.480 e. The van der Waals surface area contributed by atoms with Gasteiger partial charge in [0, 0.05) is 10.9 Å². The molecule has 132 valence electrons. The second kappa shape index (κ2) is 6.84. The lowest BCUT2D eigenvalue weighted by Gasteiger charge is -2.32. The second-order valence-corrected chi connectivity index (χ2v) is 8.38. The number of carbonyl (C=O) groups is 2. The Morgan fingerprint density at radius 1 is 1.21 bits per heavy atom. The number of aryl methyl sites for hydroxylation is 1. The lowest BCUT2D eigenvalue weighted by Crippen LogP contribution is -2.46. The number of carbonyl (C=O) groups excluding carboxylic acids is 1. The number of aliphatic carboxylic acids is 1. The highest BCUT2D eigenvalue weighted by atomic mass is 32.1. The normalized spacial score (nSPS) is 27.0. The predicted molar refractivity (Wildman–Crippen MR) is 95.7 cm³/mol. The van der Waals surface area contributed by atoms with E-state index in [4.69, 9.17) is 0 Å². The van der Waals surface area contributed by atoms with Gasteiger partial charge in [-0.3, -0.25) is 14.5 Å². The SMILES string of the molecule is Cc1sc(NC(=O)CN2C(C(=O)O)CC3CCCCC32)c(C)c1C. The van der Waals surface area contributed by atoms with Gasteiger partial charge in [-0.05, 0) is 57.1 Å². The molecular formula is C18H26N2O3S. The van der Waals surface area contributed by atoms with E-state index >= 15 is 0 Å². The van der Waals surface area contributed by atoms with E-state index in [-0.39, 0.29) is 18.5 Å². The van der Waals surface area contributed by atoms with Gasteiger partial charge < -0.3 is 10.4 Å². The van der Waals surface area contributed by atoms with Crippen molar-refractivity contribution in [3.63, 3.8) is 0 Å². The summed E-state index contributed by atoms with van der Waals surface area (Å²) in [4.78, 5) is 27.3. The average Bonchev–Trinajstić information content (AvgIpc) is 3.01. The molecule has 1 aromatic rings. The molecule has 1 aromatic heterocycles. The Labute approximate surface area is 147 Å². The molecule has 0 spiro atoms. The zero-order valence-corrected chi connectivity index (χ0v) is 15.4. The molecule has 3 rings (SSSR count). The summed E-state index contributed by atoms with van der Waals surface area (Å²) in [6.07, 6.45) is 5.10. The molecule has 3 atom stereocenters. The molecule has 2 fully saturated rings. The van der Waals surface area contributed by atoms with Crippen LogP contribution in [0.25, 0.3) is 0 Å². The first-order valence-corrected chi connectivity index (χ1v) is 9.55. The molecular weight excluding hydrogens is 324 g/mol. The number of likely N-dealkylation sites (tertiary alicyclic amines) is 1. The van der Waals surface area contributed by atoms with Crippen molar-refractivity contribution >= 4 is 28.2 Å². The molecule has 3 unspecified atom stereocenters. The average molecular weight is 350 g/mol. The summed E-state index contributed by atoms with van der Waals surface area (Å²) in [5.74, 6) is -0.464. The van der Waals surface area contributed by atoms with E-state index in [0.29, 0.717) is 12.3 Å². The molecule has 0 aromatic carbocycles. The summed E-state index contributed by atoms with van der Waals surface area (Å²) in [5, 5.41) is 13.4. The number of hydrogen-bond acceptors (Lipinski definition) is 4. The quantitative estimate of drug-likeness (QED) is 0.874. The van der Waals surface area contributed by atoms with Crippen LogP contribution in [0.3, 0.4) is 0 Å². The first-order chi connectivity index (χ1) is 11.4. The topological polar surface area (TPSA) is 69.6 Å². The van der Waals surface area contributed by atoms with Crippen molar-refractivity contribution in [3.8, 4) is 0 Å². The van der Waals surface area contributed by atoms with Crippen LogP contribution in [-0.2, 0) is 9.59 Å². The van der Waals surface area contributed by atoms with Crippen molar-refractivity contribution in [3.05, 3.63) is 16.0 Å². The van der Waals surface area contributed by atoms with E-state index < -0.39 is 12.0 Å². The molecule has 1 saturated heterocycles. The molecule has 2 aliphatic rings. The highest BCUT2D eigenvalue weighted by Gasteiger charge is 2.45. The molecule has 24 heavy (non-hydrogen) atoms. The first kappa shape index (κ1) is 17.4. The van der Waals surface area contributed by atoms with Crippen molar-refractivity contribution in [1.29, 1.82) is 0 Å². The lowest BCUT2D eigenvalue weighted by atomic mass is 9.85. The van der Waals surface area contributed by atoms with Crippen LogP contribution < -0.4 is 5.32 Å². The number of fused-ring (bicyclic) bond motifs is 1. The van der Waals surface area contributed by atoms with Crippen molar-refractivity contribution in [2.45, 2.75) is 65.0 Å². The third-order valence-electron chi connectivity index (χ3n) is 5.77. The van der Waals surface area contributed by atoms with Crippen molar-refractivity contribution < 1.29 is 14.7 Å². The van der Waals surface area contributed by atoms with Crippen molar-refractivity contribution in [2.75, 3.05) is 11.9 Å². The van der Waals surface area contributed by atoms with E-state index in [9.17, 15) is 14.7 Å². The number of thiophene rings is 1. The molecule has 1 saturated carbocycles. The number of amides is 1. The Morgan fingerprint density at radius 2 is 1.92 bits per heavy atom. The smallest absolute Gasteiger partial charge is 0.320 e. The van der Waals surface area contributed by atoms with Crippen molar-refractivity contribution in [2.24, 2.45) is 5.92 Å². The molecule has 6 heteroatoms. The van der Waals surface area contributed by atoms with Gasteiger partial charge in [0.1, 0.15) is 6.04 Å². The molecule has 1 aliphatic heterocycles. The van der Waals surface area contributed by atoms with Crippen LogP contribution in [-0.4, -0.2) is 40.5 Å². The number of hydrogen-bond donors (Lipinski definition) is 2. The molecule has 1 amide bonds. The summed E-state index contributed by atoms with van der Waals surface area (Å²) in [6, 6.07) is -0.268. The fraction of sp³-hybridized carbons (Fsp3) is 0.667. The Kier molecular flexibility index (Phi) is 4.97. The molecule has 0 bridgehead atoms. The third-order valence-corrected chi connectivity index (χ3v) is 7.00. The monoisotopic (exact) mass is 350 g/mol. The van der Waals surface area contributed by atoms with E-state index in [1.54, 1.807) is 11.3 Å². The van der Waals surface area contributed by atoms with Gasteiger partial charge in [0.2, 0.25) is 5.91 Å². The van der Waals surface area contributed by atoms with Crippen LogP contribution in [0, 0.1) is 26.7 Å². The van der Waals surface area contributed by atoms with E-state index in [1.165, 1.54) is 16.9 Å². The molecule has 2 N–H and O–H groups in total. The van der Waals surface area contributed by atoms with E-state index in [0.717, 1.165) is 29.8 Å². The van der Waals surface area contributed by atoms with Gasteiger partial charge in [-0.15, -0.1) is 11.3 Å². The van der Waals surface area contributed by atoms with Gasteiger partial charge in [0.25, 0.3) is 0 Å². The summed E-state index contributed by atoms with van der Waals surface area (Å²) in [5.41, 5.74) is 2.32. The van der Waals surface area contributed by atoms with Crippen LogP contribution in [0.1, 0.15) is 48.1 Å². The highest BCUT2D eigenvalue weighted by Crippen LogP contribution is 2.39. The summed E-state index contributed by atoms with van der Waals surface area (Å²) >= 11 is 1.59. The van der Waals surface area contributed by atoms with Gasteiger partial charge in [0.05, 0.1) is 11.5 Å². The van der Waals surface area contributed by atoms with Crippen LogP contribution in [0.2, 0.25) is 0 Å². The highest BCUT2D eigenvalue weighted by molar-refractivity contribution is 7.16. The van der Waals surface area contributed by atoms with Gasteiger partial charge in [-0.25, -0.2) is 0 Å². The predicted octanol–water partition coefficient (Wildman–Crippen LogP) is 3.33. The molecule has 2 heterocycles. The Bertz CT molecular complexity index is 655. The second-order valence-electron chi connectivity index (χ2n) is 7.16. The number of nitrogens with zero attached hydrogens (tertiary/aromatic N) is 1. The van der Waals surface area contributed by atoms with E-state index in [1.807, 2.05) is 11.8 Å². The van der Waals surface area contributed by atoms with Gasteiger partial charge >= 0.3 is 5.97 Å². The zero-order valence-electron chi connectivity index (χ0n) is 14.6. The minimum atomic E-state index is -0.795. The molecule has 0 radical (unpaired) electrons. The summed E-state index contributed by atoms with van der Waals surface area (Å²) in [7, 11) is 0. The van der Waals surface area contributed by atoms with Crippen molar-refractivity contribution in [1.82, 2.24) is 4.90 Å². The summed E-state index contributed by atoms with van der Waals surface area (Å²) in [6.45, 7) is 6.30. The largest absolute Gasteiger partial charge is 0.480 e.